The molecule has 0 radical (unpaired) electrons. The fourth-order valence-electron chi connectivity index (χ4n) is 3.72. The highest BCUT2D eigenvalue weighted by molar-refractivity contribution is 7.75. The minimum absolute atomic E-state index is 0.592. The molecule has 0 rings (SSSR count). The maximum atomic E-state index is 2.41. The van der Waals surface area contributed by atoms with Gasteiger partial charge in [0.05, 0.1) is 24.6 Å². The maximum absolute atomic E-state index is 2.41. The van der Waals surface area contributed by atoms with Crippen molar-refractivity contribution in [2.24, 2.45) is 0 Å². The van der Waals surface area contributed by atoms with E-state index in [4.69, 9.17) is 0 Å². The Kier molecular flexibility index (Phi) is 15.6. The van der Waals surface area contributed by atoms with Crippen molar-refractivity contribution in [3.05, 3.63) is 0 Å². The Morgan fingerprint density at radius 2 is 0.762 bits per heavy atom. The van der Waals surface area contributed by atoms with Crippen molar-refractivity contribution in [2.75, 3.05) is 24.6 Å². The lowest BCUT2D eigenvalue weighted by Crippen LogP contribution is -2.12. The minimum Gasteiger partial charge on any atom is -0.0654 e. The Hall–Kier alpha value is 0.430. The molecule has 0 fully saturated rings. The molecule has 0 amide bonds. The van der Waals surface area contributed by atoms with Crippen LogP contribution in [0.5, 0.6) is 0 Å². The molecule has 0 aromatic heterocycles. The van der Waals surface area contributed by atoms with Gasteiger partial charge in [-0.05, 0) is 38.5 Å². The highest BCUT2D eigenvalue weighted by Gasteiger charge is 2.33. The summed E-state index contributed by atoms with van der Waals surface area (Å²) >= 11 is 0. The number of hydrogen-bond acceptors (Lipinski definition) is 0. The van der Waals surface area contributed by atoms with Gasteiger partial charge in [0.1, 0.15) is 0 Å². The van der Waals surface area contributed by atoms with Gasteiger partial charge in [-0.15, -0.1) is 0 Å². The molecule has 0 atom stereocenters. The zero-order chi connectivity index (χ0) is 15.8. The lowest BCUT2D eigenvalue weighted by molar-refractivity contribution is 0.624. The highest BCUT2D eigenvalue weighted by atomic mass is 31.2. The van der Waals surface area contributed by atoms with E-state index in [0.29, 0.717) is 0 Å². The molecule has 0 aromatic carbocycles. The molecule has 0 saturated heterocycles. The summed E-state index contributed by atoms with van der Waals surface area (Å²) in [5.41, 5.74) is 0. The molecule has 0 aliphatic heterocycles. The lowest BCUT2D eigenvalue weighted by Gasteiger charge is -2.27. The highest BCUT2D eigenvalue weighted by Crippen LogP contribution is 2.61. The maximum Gasteiger partial charge on any atom is 0.0594 e. The van der Waals surface area contributed by atoms with E-state index in [1.54, 1.807) is 24.6 Å². The van der Waals surface area contributed by atoms with Crippen LogP contribution in [-0.2, 0) is 0 Å². The number of rotatable bonds is 16. The van der Waals surface area contributed by atoms with Crippen LogP contribution in [0, 0.1) is 0 Å². The van der Waals surface area contributed by atoms with Crippen LogP contribution in [0.1, 0.15) is 105 Å². The third-order valence-corrected chi connectivity index (χ3v) is 10.2. The second-order valence-electron chi connectivity index (χ2n) is 7.06. The van der Waals surface area contributed by atoms with Crippen molar-refractivity contribution in [2.45, 2.75) is 105 Å². The normalized spacial score (nSPS) is 12.0. The van der Waals surface area contributed by atoms with Crippen molar-refractivity contribution >= 4 is 7.26 Å². The molecule has 0 spiro atoms. The molecule has 128 valence electrons. The van der Waals surface area contributed by atoms with E-state index in [1.807, 2.05) is 0 Å². The fraction of sp³-hybridized carbons (Fsp3) is 1.00. The van der Waals surface area contributed by atoms with Crippen molar-refractivity contribution in [1.29, 1.82) is 0 Å². The molecular formula is C20H44P+. The standard InChI is InChI=1S/C20H44P/c1-5-9-11-13-14-16-20-21(17-7-3,18-8-4)19-15-12-10-6-2/h5-20H2,1-4H3/q+1. The van der Waals surface area contributed by atoms with Crippen LogP contribution in [0.25, 0.3) is 0 Å². The minimum atomic E-state index is -0.592. The van der Waals surface area contributed by atoms with Gasteiger partial charge in [-0.2, -0.15) is 0 Å². The second kappa shape index (κ2) is 15.3. The fourth-order valence-corrected chi connectivity index (χ4v) is 8.75. The smallest absolute Gasteiger partial charge is 0.0594 e. The van der Waals surface area contributed by atoms with Crippen LogP contribution in [-0.4, -0.2) is 24.6 Å². The number of unbranched alkanes of at least 4 members (excludes halogenated alkanes) is 8. The second-order valence-corrected chi connectivity index (χ2v) is 11.5. The topological polar surface area (TPSA) is 0 Å². The first kappa shape index (κ1) is 21.4. The van der Waals surface area contributed by atoms with Crippen molar-refractivity contribution in [1.82, 2.24) is 0 Å². The molecule has 21 heavy (non-hydrogen) atoms. The van der Waals surface area contributed by atoms with Gasteiger partial charge in [-0.25, -0.2) is 0 Å². The summed E-state index contributed by atoms with van der Waals surface area (Å²) in [4.78, 5) is 0. The van der Waals surface area contributed by atoms with Crippen LogP contribution in [0.3, 0.4) is 0 Å². The van der Waals surface area contributed by atoms with Crippen LogP contribution < -0.4 is 0 Å². The SMILES string of the molecule is CCCCCCCC[P+](CCC)(CCC)CCCCCC. The summed E-state index contributed by atoms with van der Waals surface area (Å²) in [5, 5.41) is 0. The van der Waals surface area contributed by atoms with Gasteiger partial charge < -0.3 is 0 Å². The van der Waals surface area contributed by atoms with E-state index in [0.717, 1.165) is 0 Å². The molecule has 0 aliphatic carbocycles. The summed E-state index contributed by atoms with van der Waals surface area (Å²) in [6, 6.07) is 0. The van der Waals surface area contributed by atoms with E-state index < -0.39 is 7.26 Å². The van der Waals surface area contributed by atoms with Gasteiger partial charge in [-0.1, -0.05) is 66.2 Å². The van der Waals surface area contributed by atoms with E-state index in [2.05, 4.69) is 27.7 Å². The largest absolute Gasteiger partial charge is 0.0654 e. The third kappa shape index (κ3) is 11.6. The molecule has 1 heteroatoms. The average molecular weight is 316 g/mol. The first-order valence-corrected chi connectivity index (χ1v) is 12.6. The summed E-state index contributed by atoms with van der Waals surface area (Å²) in [6.45, 7) is 9.47. The zero-order valence-corrected chi connectivity index (χ0v) is 16.7. The summed E-state index contributed by atoms with van der Waals surface area (Å²) < 4.78 is 0. The zero-order valence-electron chi connectivity index (χ0n) is 15.8. The predicted molar refractivity (Wildman–Crippen MR) is 104 cm³/mol. The van der Waals surface area contributed by atoms with Crippen LogP contribution >= 0.6 is 7.26 Å². The Balaban J connectivity index is 4.14. The van der Waals surface area contributed by atoms with Gasteiger partial charge in [0.15, 0.2) is 0 Å². The van der Waals surface area contributed by atoms with Crippen LogP contribution in [0.15, 0.2) is 0 Å². The molecule has 0 heterocycles. The predicted octanol–water partition coefficient (Wildman–Crippen LogP) is 7.76. The third-order valence-electron chi connectivity index (χ3n) is 4.87. The van der Waals surface area contributed by atoms with E-state index in [-0.39, 0.29) is 0 Å². The van der Waals surface area contributed by atoms with Crippen LogP contribution in [0.4, 0.5) is 0 Å². The van der Waals surface area contributed by atoms with Crippen LogP contribution in [0.2, 0.25) is 0 Å². The van der Waals surface area contributed by atoms with Gasteiger partial charge in [0.25, 0.3) is 0 Å². The summed E-state index contributed by atoms with van der Waals surface area (Å²) in [5.74, 6) is 0. The Morgan fingerprint density at radius 1 is 0.381 bits per heavy atom. The van der Waals surface area contributed by atoms with Crippen molar-refractivity contribution in [3.8, 4) is 0 Å². The van der Waals surface area contributed by atoms with Gasteiger partial charge in [0.2, 0.25) is 0 Å². The first-order valence-electron chi connectivity index (χ1n) is 10.1. The van der Waals surface area contributed by atoms with Gasteiger partial charge in [0, 0.05) is 7.26 Å². The van der Waals surface area contributed by atoms with Gasteiger partial charge >= 0.3 is 0 Å². The summed E-state index contributed by atoms with van der Waals surface area (Å²) in [7, 11) is -0.592. The Labute approximate surface area is 137 Å². The van der Waals surface area contributed by atoms with E-state index >= 15 is 0 Å². The number of hydrogen-bond donors (Lipinski definition) is 0. The Morgan fingerprint density at radius 3 is 1.19 bits per heavy atom. The molecule has 0 bridgehead atoms. The van der Waals surface area contributed by atoms with Gasteiger partial charge in [-0.3, -0.25) is 0 Å². The molecular weight excluding hydrogens is 271 g/mol. The molecule has 0 unspecified atom stereocenters. The molecule has 0 saturated carbocycles. The summed E-state index contributed by atoms with van der Waals surface area (Å²) in [6.07, 6.45) is 23.9. The van der Waals surface area contributed by atoms with E-state index in [9.17, 15) is 0 Å². The van der Waals surface area contributed by atoms with Crippen molar-refractivity contribution < 1.29 is 0 Å². The lowest BCUT2D eigenvalue weighted by atomic mass is 10.1. The van der Waals surface area contributed by atoms with E-state index in [1.165, 1.54) is 77.0 Å². The molecule has 0 N–H and O–H groups in total. The average Bonchev–Trinajstić information content (AvgIpc) is 2.48. The molecule has 0 aliphatic rings. The quantitative estimate of drug-likeness (QED) is 0.201. The molecule has 0 nitrogen and oxygen atoms in total. The van der Waals surface area contributed by atoms with Crippen molar-refractivity contribution in [3.63, 3.8) is 0 Å². The molecule has 0 aromatic rings. The monoisotopic (exact) mass is 315 g/mol. The first-order chi connectivity index (χ1) is 10.2. The Bertz CT molecular complexity index is 194.